The molecule has 0 radical (unpaired) electrons. The van der Waals surface area contributed by atoms with Crippen LogP contribution in [0.1, 0.15) is 0 Å². The van der Waals surface area contributed by atoms with E-state index >= 15 is 0 Å². The van der Waals surface area contributed by atoms with Gasteiger partial charge in [0.15, 0.2) is 5.58 Å². The second-order valence-electron chi connectivity index (χ2n) is 36.6. The lowest BCUT2D eigenvalue weighted by molar-refractivity contribution is 0.669. The number of benzene rings is 21. The molecular weight excluding hydrogens is 1800 g/mol. The van der Waals surface area contributed by atoms with Crippen LogP contribution in [0.5, 0.6) is 0 Å². The van der Waals surface area contributed by atoms with Crippen molar-refractivity contribution in [2.45, 2.75) is 0 Å². The highest BCUT2D eigenvalue weighted by Gasteiger charge is 2.28. The number of hydrogen-bond acceptors (Lipinski definition) is 12. The molecular formula is C126H69N9O2S4. The fourth-order valence-corrected chi connectivity index (χ4v) is 26.8. The molecule has 0 bridgehead atoms. The Hall–Kier alpha value is -17.7. The molecule has 33 rings (SSSR count). The molecule has 15 heteroatoms. The van der Waals surface area contributed by atoms with Crippen molar-refractivity contribution < 1.29 is 8.83 Å². The zero-order valence-corrected chi connectivity index (χ0v) is 78.1. The minimum Gasteiger partial charge on any atom is -0.456 e. The van der Waals surface area contributed by atoms with E-state index in [1.165, 1.54) is 124 Å². The minimum atomic E-state index is 0.624. The van der Waals surface area contributed by atoms with Crippen LogP contribution in [-0.4, -0.2) is 43.6 Å². The largest absolute Gasteiger partial charge is 0.456 e. The van der Waals surface area contributed by atoms with Gasteiger partial charge in [-0.25, -0.2) is 29.9 Å². The second kappa shape index (κ2) is 30.4. The van der Waals surface area contributed by atoms with Gasteiger partial charge in [-0.05, 0) is 184 Å². The molecule has 0 aliphatic rings. The van der Waals surface area contributed by atoms with Crippen LogP contribution >= 0.6 is 45.3 Å². The number of nitrogens with zero attached hydrogens (tertiary/aromatic N) is 9. The van der Waals surface area contributed by atoms with E-state index in [0.717, 1.165) is 165 Å². The van der Waals surface area contributed by atoms with Crippen molar-refractivity contribution in [1.29, 1.82) is 0 Å². The summed E-state index contributed by atoms with van der Waals surface area (Å²) in [4.78, 5) is 31.8. The molecule has 0 N–H and O–H groups in total. The highest BCUT2D eigenvalue weighted by molar-refractivity contribution is 7.27. The molecule has 0 unspecified atom stereocenters. The number of hydrogen-bond donors (Lipinski definition) is 0. The Balaban J connectivity index is 0.0000000972. The third-order valence-corrected chi connectivity index (χ3v) is 33.3. The van der Waals surface area contributed by atoms with Crippen LogP contribution in [0.2, 0.25) is 0 Å². The first kappa shape index (κ1) is 78.5. The Morgan fingerprint density at radius 1 is 0.177 bits per heavy atom. The van der Waals surface area contributed by atoms with E-state index in [1.54, 1.807) is 0 Å². The Morgan fingerprint density at radius 3 is 1.04 bits per heavy atom. The molecule has 654 valence electrons. The standard InChI is InChI=1S/2C42H23N3OS.C42H23N3S2/c1-2-10-25-23-38-33(21-24(25)9-1)32-22-26(17-20-37(32)47-38)39-31-13-3-6-14-34(31)43-42(44-39)45-35-15-7-4-11-27(35)29-18-19-30-28-12-5-8-16-36(28)46-41(30)40(29)45;1-2-10-25-21-40-33(19-24(25)9-1)32-20-26(17-18-39(32)47-40)41-29-13-3-6-14-34(29)43-42(44-41)45-35-15-7-4-11-27(35)30-22-31-28-12-5-8-16-37(28)46-38(31)23-36(30)45;1-2-10-25-23-38-31(21-24(25)9-1)30-22-26(17-19-36(30)47-38)41-27-11-3-6-14-32(27)43-42(44-41)45-33-15-7-4-12-28(33)39-34(45)18-20-37-40(39)29-13-5-8-16-35(29)46-37/h3*1-23H. The van der Waals surface area contributed by atoms with Crippen LogP contribution in [0.25, 0.3) is 307 Å². The Morgan fingerprint density at radius 2 is 0.532 bits per heavy atom. The van der Waals surface area contributed by atoms with Gasteiger partial charge in [-0.2, -0.15) is 0 Å². The molecule has 0 fully saturated rings. The van der Waals surface area contributed by atoms with E-state index < -0.39 is 0 Å². The minimum absolute atomic E-state index is 0.624. The maximum absolute atomic E-state index is 6.60. The molecule has 0 amide bonds. The predicted molar refractivity (Wildman–Crippen MR) is 597 cm³/mol. The summed E-state index contributed by atoms with van der Waals surface area (Å²) >= 11 is 7.40. The molecule has 0 saturated heterocycles. The predicted octanol–water partition coefficient (Wildman–Crippen LogP) is 35.9. The van der Waals surface area contributed by atoms with E-state index in [2.05, 4.69) is 396 Å². The zero-order valence-electron chi connectivity index (χ0n) is 74.8. The summed E-state index contributed by atoms with van der Waals surface area (Å²) in [7, 11) is 0. The first-order chi connectivity index (χ1) is 69.8. The quantitative estimate of drug-likeness (QED) is 0.162. The van der Waals surface area contributed by atoms with E-state index in [9.17, 15) is 0 Å². The van der Waals surface area contributed by atoms with Crippen molar-refractivity contribution in [3.05, 3.63) is 419 Å². The molecule has 0 aliphatic carbocycles. The number of para-hydroxylation sites is 8. The van der Waals surface area contributed by atoms with E-state index in [0.29, 0.717) is 17.8 Å². The summed E-state index contributed by atoms with van der Waals surface area (Å²) < 4.78 is 29.9. The lowest BCUT2D eigenvalue weighted by Gasteiger charge is -2.12. The van der Waals surface area contributed by atoms with Crippen molar-refractivity contribution >= 4 is 300 Å². The molecule has 141 heavy (non-hydrogen) atoms. The highest BCUT2D eigenvalue weighted by Crippen LogP contribution is 2.50. The fraction of sp³-hybridized carbons (Fsp3) is 0. The fourth-order valence-electron chi connectivity index (χ4n) is 22.3. The number of furan rings is 2. The lowest BCUT2D eigenvalue weighted by atomic mass is 10.0. The van der Waals surface area contributed by atoms with E-state index in [1.807, 2.05) is 81.7 Å². The summed E-state index contributed by atoms with van der Waals surface area (Å²) in [6.45, 7) is 0. The Labute approximate surface area is 816 Å². The average Bonchev–Trinajstić information content (AvgIpc) is 1.55. The zero-order chi connectivity index (χ0) is 91.9. The van der Waals surface area contributed by atoms with E-state index in [4.69, 9.17) is 38.7 Å². The SMILES string of the molecule is c1ccc2cc3c(cc2c1)sc1ccc(-c2nc(-n4c5ccccc5c5c6c(ccc54)sc4ccccc46)nc4ccccc24)cc13.c1ccc2cc3c(cc2c1)sc1ccc(-c2nc(-n4c5ccccc5c5cc6c(cc54)oc4ccccc46)nc4ccccc24)cc13.c1ccc2cc3c(cc2c1)sc1ccc(-c2nc(-n4c5ccccc5c5ccc6c7ccccc7oc6c54)nc4ccccc24)cc13. The Kier molecular flexibility index (Phi) is 16.9. The van der Waals surface area contributed by atoms with E-state index in [-0.39, 0.29) is 0 Å². The molecule has 33 aromatic rings. The van der Waals surface area contributed by atoms with Crippen molar-refractivity contribution in [3.8, 4) is 51.6 Å². The molecule has 0 aliphatic heterocycles. The molecule has 12 heterocycles. The van der Waals surface area contributed by atoms with Gasteiger partial charge >= 0.3 is 0 Å². The normalized spacial score (nSPS) is 12.3. The van der Waals surface area contributed by atoms with Gasteiger partial charge in [0.05, 0.1) is 61.2 Å². The van der Waals surface area contributed by atoms with Gasteiger partial charge in [-0.1, -0.05) is 261 Å². The van der Waals surface area contributed by atoms with Crippen LogP contribution in [0.3, 0.4) is 0 Å². The smallest absolute Gasteiger partial charge is 0.235 e. The molecule has 21 aromatic carbocycles. The summed E-state index contributed by atoms with van der Waals surface area (Å²) in [6.07, 6.45) is 0. The third kappa shape index (κ3) is 12.0. The summed E-state index contributed by atoms with van der Waals surface area (Å²) in [5.74, 6) is 1.95. The molecule has 0 saturated carbocycles. The van der Waals surface area contributed by atoms with Gasteiger partial charge < -0.3 is 8.83 Å². The van der Waals surface area contributed by atoms with Crippen LogP contribution in [-0.2, 0) is 0 Å². The Bertz CT molecular complexity index is 11300. The molecule has 12 aromatic heterocycles. The summed E-state index contributed by atoms with van der Waals surface area (Å²) in [5.41, 5.74) is 18.5. The third-order valence-electron chi connectivity index (χ3n) is 28.7. The van der Waals surface area contributed by atoms with Crippen molar-refractivity contribution in [3.63, 3.8) is 0 Å². The van der Waals surface area contributed by atoms with Gasteiger partial charge in [0.25, 0.3) is 0 Å². The van der Waals surface area contributed by atoms with Crippen LogP contribution in [0.15, 0.2) is 427 Å². The molecule has 11 nitrogen and oxygen atoms in total. The number of thiophene rings is 4. The number of aromatic nitrogens is 9. The van der Waals surface area contributed by atoms with Crippen molar-refractivity contribution in [2.75, 3.05) is 0 Å². The van der Waals surface area contributed by atoms with Crippen molar-refractivity contribution in [2.24, 2.45) is 0 Å². The first-order valence-electron chi connectivity index (χ1n) is 47.2. The maximum atomic E-state index is 6.60. The monoisotopic (exact) mass is 1870 g/mol. The van der Waals surface area contributed by atoms with Gasteiger partial charge in [0.2, 0.25) is 17.8 Å². The maximum Gasteiger partial charge on any atom is 0.235 e. The summed E-state index contributed by atoms with van der Waals surface area (Å²) in [6, 6.07) is 149. The average molecular weight is 1870 g/mol. The van der Waals surface area contributed by atoms with Crippen molar-refractivity contribution in [1.82, 2.24) is 43.6 Å². The highest BCUT2D eigenvalue weighted by atomic mass is 32.1. The second-order valence-corrected chi connectivity index (χ2v) is 40.9. The first-order valence-corrected chi connectivity index (χ1v) is 50.5. The summed E-state index contributed by atoms with van der Waals surface area (Å²) in [5, 5.41) is 32.3. The molecule has 0 atom stereocenters. The lowest BCUT2D eigenvalue weighted by Crippen LogP contribution is -2.03. The van der Waals surface area contributed by atoms with Gasteiger partial charge in [0.1, 0.15) is 22.3 Å². The van der Waals surface area contributed by atoms with Crippen LogP contribution in [0, 0.1) is 0 Å². The van der Waals surface area contributed by atoms with Gasteiger partial charge in [0, 0.05) is 173 Å². The number of fused-ring (bicyclic) bond motifs is 35. The topological polar surface area (TPSA) is 118 Å². The number of rotatable bonds is 6. The van der Waals surface area contributed by atoms with Gasteiger partial charge in [-0.15, -0.1) is 45.3 Å². The van der Waals surface area contributed by atoms with Crippen LogP contribution < -0.4 is 0 Å². The molecule has 0 spiro atoms. The van der Waals surface area contributed by atoms with Gasteiger partial charge in [-0.3, -0.25) is 13.7 Å². The van der Waals surface area contributed by atoms with Crippen LogP contribution in [0.4, 0.5) is 0 Å².